The van der Waals surface area contributed by atoms with Gasteiger partial charge in [0.2, 0.25) is 0 Å². The topological polar surface area (TPSA) is 62.3 Å². The first kappa shape index (κ1) is 32.5. The fourth-order valence-electron chi connectivity index (χ4n) is 4.85. The third-order valence-electron chi connectivity index (χ3n) is 6.72. The molecule has 4 N–H and O–H groups in total. The van der Waals surface area contributed by atoms with Crippen LogP contribution in [0.15, 0.2) is 47.4 Å². The molecule has 4 rings (SSSR count). The number of aromatic nitrogens is 1. The summed E-state index contributed by atoms with van der Waals surface area (Å²) in [5.74, 6) is 6.62. The Balaban J connectivity index is 0.000000850. The lowest BCUT2D eigenvalue weighted by Gasteiger charge is -2.24. The van der Waals surface area contributed by atoms with Gasteiger partial charge < -0.3 is 25.3 Å². The van der Waals surface area contributed by atoms with E-state index in [2.05, 4.69) is 46.4 Å². The predicted molar refractivity (Wildman–Crippen MR) is 166 cm³/mol. The second-order valence-electron chi connectivity index (χ2n) is 9.73. The molecule has 0 atom stereocenters. The molecule has 1 heterocycles. The number of fused-ring (bicyclic) bond motifs is 1. The van der Waals surface area contributed by atoms with E-state index in [1.165, 1.54) is 35.8 Å². The van der Waals surface area contributed by atoms with Crippen molar-refractivity contribution < 1.29 is 17.9 Å². The largest absolute Gasteiger partial charge is 0.495 e. The number of nitrogens with one attached hydrogen (secondary N) is 4. The zero-order valence-corrected chi connectivity index (χ0v) is 25.2. The molecule has 1 aliphatic carbocycles. The molecule has 0 saturated heterocycles. The highest BCUT2D eigenvalue weighted by molar-refractivity contribution is 7.97. The van der Waals surface area contributed by atoms with Gasteiger partial charge >= 0.3 is 6.18 Å². The normalized spacial score (nSPS) is 13.6. The summed E-state index contributed by atoms with van der Waals surface area (Å²) in [6, 6.07) is 13.3. The number of alkyl halides is 3. The molecule has 0 bridgehead atoms. The van der Waals surface area contributed by atoms with Crippen LogP contribution in [0.4, 0.5) is 24.5 Å². The second-order valence-corrected chi connectivity index (χ2v) is 10.8. The molecule has 6 nitrogen and oxygen atoms in total. The Morgan fingerprint density at radius 1 is 1.02 bits per heavy atom. The van der Waals surface area contributed by atoms with Crippen molar-refractivity contribution in [3.05, 3.63) is 48.2 Å². The Labute approximate surface area is 246 Å². The van der Waals surface area contributed by atoms with E-state index >= 15 is 0 Å². The van der Waals surface area contributed by atoms with Crippen molar-refractivity contribution in [2.45, 2.75) is 69.6 Å². The van der Waals surface area contributed by atoms with E-state index in [0.29, 0.717) is 23.0 Å². The number of benzene rings is 2. The Morgan fingerprint density at radius 2 is 1.78 bits per heavy atom. The third kappa shape index (κ3) is 10.1. The van der Waals surface area contributed by atoms with Crippen molar-refractivity contribution in [1.29, 1.82) is 0 Å². The van der Waals surface area contributed by atoms with Crippen LogP contribution in [0.1, 0.15) is 51.6 Å². The van der Waals surface area contributed by atoms with Crippen molar-refractivity contribution in [2.75, 3.05) is 44.4 Å². The lowest BCUT2D eigenvalue weighted by molar-refractivity contribution is -0.140. The first-order chi connectivity index (χ1) is 19.8. The lowest BCUT2D eigenvalue weighted by Crippen LogP contribution is -2.22. The Bertz CT molecular complexity index is 1290. The van der Waals surface area contributed by atoms with Gasteiger partial charge in [0.1, 0.15) is 12.3 Å². The van der Waals surface area contributed by atoms with E-state index in [9.17, 15) is 13.2 Å². The number of rotatable bonds is 10. The standard InChI is InChI=1S/C27H31F3N4OS.C4H11N/c1-31-36-21-13-14-24(26(17-21)35-2)32-15-7-10-20-16-22-23(33-19-8-4-3-5-9-19)11-6-12-25(22)34(20)18-27(28,29)30;1-3-5-4-2/h6,11-14,16-17,19,31-33H,3-5,8-9,15,18H2,1-2H3;5H,3-4H2,1-2H3. The van der Waals surface area contributed by atoms with Crippen LogP contribution >= 0.6 is 11.9 Å². The van der Waals surface area contributed by atoms with Crippen LogP contribution in [0.3, 0.4) is 0 Å². The van der Waals surface area contributed by atoms with Crippen molar-refractivity contribution >= 4 is 34.2 Å². The number of methoxy groups -OCH3 is 1. The maximum atomic E-state index is 13.5. The Kier molecular flexibility index (Phi) is 13.0. The van der Waals surface area contributed by atoms with Gasteiger partial charge in [-0.1, -0.05) is 45.1 Å². The van der Waals surface area contributed by atoms with Crippen LogP contribution in [0.5, 0.6) is 5.75 Å². The maximum Gasteiger partial charge on any atom is 0.406 e. The lowest BCUT2D eigenvalue weighted by atomic mass is 9.95. The molecule has 0 unspecified atom stereocenters. The van der Waals surface area contributed by atoms with Gasteiger partial charge in [-0.15, -0.1) is 0 Å². The summed E-state index contributed by atoms with van der Waals surface area (Å²) in [5, 5.41) is 10.6. The van der Waals surface area contributed by atoms with Gasteiger partial charge in [-0.05, 0) is 87.2 Å². The summed E-state index contributed by atoms with van der Waals surface area (Å²) in [5.41, 5.74) is 2.51. The van der Waals surface area contributed by atoms with Crippen molar-refractivity contribution in [1.82, 2.24) is 14.6 Å². The predicted octanol–water partition coefficient (Wildman–Crippen LogP) is 7.26. The van der Waals surface area contributed by atoms with E-state index in [4.69, 9.17) is 4.74 Å². The van der Waals surface area contributed by atoms with Crippen molar-refractivity contribution in [3.63, 3.8) is 0 Å². The minimum absolute atomic E-state index is 0.260. The smallest absolute Gasteiger partial charge is 0.406 e. The van der Waals surface area contributed by atoms with Gasteiger partial charge in [0.05, 0.1) is 30.6 Å². The first-order valence-corrected chi connectivity index (χ1v) is 15.0. The summed E-state index contributed by atoms with van der Waals surface area (Å²) >= 11 is 1.47. The third-order valence-corrected chi connectivity index (χ3v) is 7.42. The summed E-state index contributed by atoms with van der Waals surface area (Å²) < 4.78 is 50.1. The number of hydrogen-bond donors (Lipinski definition) is 4. The molecule has 0 aliphatic heterocycles. The zero-order chi connectivity index (χ0) is 29.7. The monoisotopic (exact) mass is 589 g/mol. The van der Waals surface area contributed by atoms with Crippen molar-refractivity contribution in [3.8, 4) is 17.6 Å². The highest BCUT2D eigenvalue weighted by Gasteiger charge is 2.30. The van der Waals surface area contributed by atoms with Gasteiger partial charge in [-0.3, -0.25) is 4.72 Å². The molecule has 224 valence electrons. The molecule has 0 spiro atoms. The Morgan fingerprint density at radius 3 is 2.41 bits per heavy atom. The number of halogens is 3. The summed E-state index contributed by atoms with van der Waals surface area (Å²) in [6.45, 7) is 5.56. The fraction of sp³-hybridized carbons (Fsp3) is 0.484. The van der Waals surface area contributed by atoms with Crippen LogP contribution in [-0.2, 0) is 6.54 Å². The Hall–Kier alpha value is -3.00. The van der Waals surface area contributed by atoms with Gasteiger partial charge in [-0.2, -0.15) is 13.2 Å². The maximum absolute atomic E-state index is 13.5. The molecule has 0 amide bonds. The van der Waals surface area contributed by atoms with Gasteiger partial charge in [-0.25, -0.2) is 0 Å². The SMILES string of the molecule is CCNCC.CNSc1ccc(NCC#Cc2cc3c(NC4CCCCC4)cccc3n2CC(F)(F)F)c(OC)c1. The number of anilines is 2. The first-order valence-electron chi connectivity index (χ1n) is 14.2. The number of ether oxygens (including phenoxy) is 1. The van der Waals surface area contributed by atoms with Gasteiger partial charge in [0.25, 0.3) is 0 Å². The van der Waals surface area contributed by atoms with E-state index in [0.717, 1.165) is 47.6 Å². The van der Waals surface area contributed by atoms with E-state index in [1.807, 2.05) is 31.3 Å². The molecule has 41 heavy (non-hydrogen) atoms. The molecule has 1 aromatic heterocycles. The van der Waals surface area contributed by atoms with Crippen LogP contribution in [0, 0.1) is 11.8 Å². The molecule has 3 aromatic rings. The molecule has 1 saturated carbocycles. The van der Waals surface area contributed by atoms with E-state index in [1.54, 1.807) is 25.3 Å². The summed E-state index contributed by atoms with van der Waals surface area (Å²) in [7, 11) is 3.43. The van der Waals surface area contributed by atoms with E-state index < -0.39 is 12.7 Å². The molecule has 0 radical (unpaired) electrons. The minimum Gasteiger partial charge on any atom is -0.495 e. The van der Waals surface area contributed by atoms with Crippen LogP contribution in [0.2, 0.25) is 0 Å². The molecule has 2 aromatic carbocycles. The number of hydrogen-bond acceptors (Lipinski definition) is 6. The van der Waals surface area contributed by atoms with Crippen LogP contribution in [-0.4, -0.2) is 50.6 Å². The average Bonchev–Trinajstić information content (AvgIpc) is 3.29. The van der Waals surface area contributed by atoms with Crippen LogP contribution < -0.4 is 25.4 Å². The molecular formula is C31H42F3N5OS. The molecule has 10 heteroatoms. The van der Waals surface area contributed by atoms with Gasteiger partial charge in [0.15, 0.2) is 0 Å². The van der Waals surface area contributed by atoms with Gasteiger partial charge in [0, 0.05) is 22.0 Å². The fourth-order valence-corrected chi connectivity index (χ4v) is 5.39. The molecular weight excluding hydrogens is 547 g/mol. The zero-order valence-electron chi connectivity index (χ0n) is 24.4. The second kappa shape index (κ2) is 16.4. The summed E-state index contributed by atoms with van der Waals surface area (Å²) in [4.78, 5) is 1.00. The van der Waals surface area contributed by atoms with E-state index in [-0.39, 0.29) is 6.54 Å². The highest BCUT2D eigenvalue weighted by Crippen LogP contribution is 2.32. The number of nitrogens with zero attached hydrogens (tertiary/aromatic N) is 1. The highest BCUT2D eigenvalue weighted by atomic mass is 32.2. The summed E-state index contributed by atoms with van der Waals surface area (Å²) in [6.07, 6.45) is 1.39. The van der Waals surface area contributed by atoms with Crippen molar-refractivity contribution in [2.24, 2.45) is 0 Å². The minimum atomic E-state index is -4.35. The molecule has 1 aliphatic rings. The quantitative estimate of drug-likeness (QED) is 0.148. The molecule has 1 fully saturated rings. The van der Waals surface area contributed by atoms with Crippen LogP contribution in [0.25, 0.3) is 10.9 Å². The average molecular weight is 590 g/mol.